The lowest BCUT2D eigenvalue weighted by atomic mass is 9.75. The molecular weight excluding hydrogens is 659 g/mol. The number of carbonyl (C=O) groups is 2. The number of carbonyl (C=O) groups excluding carboxylic acids is 2. The summed E-state index contributed by atoms with van der Waals surface area (Å²) in [5.41, 5.74) is 0.345. The summed E-state index contributed by atoms with van der Waals surface area (Å²) in [6.45, 7) is 17.6. The van der Waals surface area contributed by atoms with E-state index in [0.717, 1.165) is 17.3 Å². The smallest absolute Gasteiger partial charge is 0.493 e. The second-order valence-corrected chi connectivity index (χ2v) is 15.5. The molecule has 2 aromatic heterocycles. The van der Waals surface area contributed by atoms with Gasteiger partial charge in [0.05, 0.1) is 30.0 Å². The molecule has 1 unspecified atom stereocenters. The third kappa shape index (κ3) is 7.04. The number of benzene rings is 1. The Labute approximate surface area is 298 Å². The van der Waals surface area contributed by atoms with Crippen molar-refractivity contribution in [2.24, 2.45) is 5.92 Å². The van der Waals surface area contributed by atoms with Gasteiger partial charge in [0.2, 0.25) is 0 Å². The van der Waals surface area contributed by atoms with Gasteiger partial charge in [-0.3, -0.25) is 4.79 Å². The van der Waals surface area contributed by atoms with Crippen LogP contribution in [0.15, 0.2) is 30.5 Å². The summed E-state index contributed by atoms with van der Waals surface area (Å²) in [4.78, 5) is 39.7. The number of methoxy groups -OCH3 is 1. The molecule has 1 aromatic carbocycles. The Morgan fingerprint density at radius 3 is 2.31 bits per heavy atom. The van der Waals surface area contributed by atoms with Gasteiger partial charge in [-0.15, -0.1) is 0 Å². The number of nitrogens with zero attached hydrogens (tertiary/aromatic N) is 4. The number of aromatic nitrogens is 2. The van der Waals surface area contributed by atoms with Crippen LogP contribution in [0.2, 0.25) is 0 Å². The average molecular weight is 708 g/mol. The quantitative estimate of drug-likeness (QED) is 0.322. The fourth-order valence-electron chi connectivity index (χ4n) is 6.84. The highest BCUT2D eigenvalue weighted by molar-refractivity contribution is 6.62. The molecule has 0 saturated carbocycles. The van der Waals surface area contributed by atoms with Gasteiger partial charge in [-0.25, -0.2) is 18.6 Å². The number of hydrogen-bond donors (Lipinski definition) is 1. The molecule has 2 amide bonds. The predicted molar refractivity (Wildman–Crippen MR) is 192 cm³/mol. The van der Waals surface area contributed by atoms with E-state index in [9.17, 15) is 14.0 Å². The van der Waals surface area contributed by atoms with Crippen LogP contribution < -0.4 is 15.1 Å². The average Bonchev–Trinajstić information content (AvgIpc) is 3.61. The number of amides is 2. The lowest BCUT2D eigenvalue weighted by Crippen LogP contribution is -2.49. The van der Waals surface area contributed by atoms with Crippen molar-refractivity contribution in [2.75, 3.05) is 51.3 Å². The molecule has 0 aliphatic carbocycles. The molecular formula is C37H48BF2N5O6. The van der Waals surface area contributed by atoms with Crippen LogP contribution in [0.5, 0.6) is 5.75 Å². The van der Waals surface area contributed by atoms with Crippen molar-refractivity contribution >= 4 is 46.9 Å². The fraction of sp³-hybridized carbons (Fsp3) is 0.541. The highest BCUT2D eigenvalue weighted by atomic mass is 19.1. The molecule has 14 heteroatoms. The summed E-state index contributed by atoms with van der Waals surface area (Å²) in [5, 5.41) is 0.561. The number of halogens is 2. The zero-order chi connectivity index (χ0) is 37.0. The van der Waals surface area contributed by atoms with Crippen LogP contribution in [0.3, 0.4) is 0 Å². The number of H-pyrrole nitrogens is 1. The number of hydrogen-bond acceptors (Lipinski definition) is 8. The summed E-state index contributed by atoms with van der Waals surface area (Å²) in [6, 6.07) is 4.78. The highest BCUT2D eigenvalue weighted by Gasteiger charge is 2.53. The van der Waals surface area contributed by atoms with Crippen molar-refractivity contribution in [3.8, 4) is 5.75 Å². The van der Waals surface area contributed by atoms with Gasteiger partial charge >= 0.3 is 13.2 Å². The topological polar surface area (TPSA) is 109 Å². The van der Waals surface area contributed by atoms with E-state index in [2.05, 4.69) is 16.9 Å². The van der Waals surface area contributed by atoms with Crippen LogP contribution in [0.1, 0.15) is 77.9 Å². The normalized spacial score (nSPS) is 20.5. The minimum Gasteiger partial charge on any atom is -0.493 e. The van der Waals surface area contributed by atoms with Crippen LogP contribution in [-0.2, 0) is 14.0 Å². The molecule has 2 saturated heterocycles. The molecule has 11 nitrogen and oxygen atoms in total. The summed E-state index contributed by atoms with van der Waals surface area (Å²) in [6.07, 6.45) is 3.46. The first-order valence-electron chi connectivity index (χ1n) is 17.6. The fourth-order valence-corrected chi connectivity index (χ4v) is 6.84. The zero-order valence-corrected chi connectivity index (χ0v) is 31.0. The maximum absolute atomic E-state index is 16.7. The Balaban J connectivity index is 1.35. The van der Waals surface area contributed by atoms with Gasteiger partial charge in [0.25, 0.3) is 5.91 Å². The molecule has 1 N–H and O–H groups in total. The number of nitrogens with one attached hydrogen (secondary N) is 1. The summed E-state index contributed by atoms with van der Waals surface area (Å²) >= 11 is 0. The van der Waals surface area contributed by atoms with Crippen molar-refractivity contribution in [3.05, 3.63) is 53.4 Å². The number of anilines is 1. The molecule has 3 aromatic rings. The van der Waals surface area contributed by atoms with Crippen LogP contribution in [0.4, 0.5) is 19.4 Å². The second kappa shape index (κ2) is 13.4. The van der Waals surface area contributed by atoms with Crippen molar-refractivity contribution in [1.29, 1.82) is 0 Å². The van der Waals surface area contributed by atoms with Crippen LogP contribution >= 0.6 is 0 Å². The molecule has 6 rings (SSSR count). The maximum Gasteiger partial charge on any atom is 0.497 e. The lowest BCUT2D eigenvalue weighted by molar-refractivity contribution is 0.00578. The van der Waals surface area contributed by atoms with Crippen molar-refractivity contribution in [3.63, 3.8) is 0 Å². The molecule has 3 aliphatic heterocycles. The van der Waals surface area contributed by atoms with Crippen LogP contribution in [0, 0.1) is 17.6 Å². The molecule has 0 radical (unpaired) electrons. The maximum atomic E-state index is 16.7. The monoisotopic (exact) mass is 707 g/mol. The van der Waals surface area contributed by atoms with Gasteiger partial charge in [-0.05, 0) is 72.1 Å². The van der Waals surface area contributed by atoms with E-state index in [-0.39, 0.29) is 34.6 Å². The van der Waals surface area contributed by atoms with Crippen molar-refractivity contribution in [2.45, 2.75) is 78.6 Å². The Morgan fingerprint density at radius 2 is 1.71 bits per heavy atom. The predicted octanol–water partition coefficient (Wildman–Crippen LogP) is 5.77. The number of pyridine rings is 1. The first kappa shape index (κ1) is 36.6. The standard InChI is InChI=1S/C37H48BF2N5O6/c1-10-22-21-45(34(47)49-35(2,3)4)12-11-24(22)25-18-27(38-50-36(5,6)37(7,8)51-38)30(40)31-26(25)19-28(42-31)33(46)44-15-13-43(14-16-44)32-29(48-9)17-23(39)20-41-32/h11,17-20,22,42H,10,12-16,21H2,1-9H3. The number of piperazine rings is 1. The molecule has 2 fully saturated rings. The third-order valence-electron chi connectivity index (χ3n) is 10.4. The largest absolute Gasteiger partial charge is 0.497 e. The lowest BCUT2D eigenvalue weighted by Gasteiger charge is -2.35. The van der Waals surface area contributed by atoms with E-state index in [1.807, 2.05) is 59.4 Å². The first-order chi connectivity index (χ1) is 23.9. The molecule has 274 valence electrons. The van der Waals surface area contributed by atoms with Crippen LogP contribution in [-0.4, -0.2) is 102 Å². The van der Waals surface area contributed by atoms with Gasteiger partial charge in [-0.1, -0.05) is 19.1 Å². The Bertz CT molecular complexity index is 1850. The Morgan fingerprint density at radius 1 is 1.04 bits per heavy atom. The molecule has 5 heterocycles. The summed E-state index contributed by atoms with van der Waals surface area (Å²) in [5.74, 6) is -0.562. The number of fused-ring (bicyclic) bond motifs is 1. The van der Waals surface area contributed by atoms with Gasteiger partial charge in [0.1, 0.15) is 22.9 Å². The summed E-state index contributed by atoms with van der Waals surface area (Å²) in [7, 11) is 0.484. The van der Waals surface area contributed by atoms with Gasteiger partial charge < -0.3 is 38.5 Å². The molecule has 0 bridgehead atoms. The second-order valence-electron chi connectivity index (χ2n) is 15.5. The highest BCUT2D eigenvalue weighted by Crippen LogP contribution is 2.40. The minimum atomic E-state index is -0.978. The molecule has 0 spiro atoms. The van der Waals surface area contributed by atoms with Gasteiger partial charge in [0.15, 0.2) is 11.6 Å². The van der Waals surface area contributed by atoms with Crippen molar-refractivity contribution in [1.82, 2.24) is 19.8 Å². The van der Waals surface area contributed by atoms with E-state index in [0.29, 0.717) is 62.6 Å². The molecule has 3 aliphatic rings. The number of ether oxygens (including phenoxy) is 2. The molecule has 51 heavy (non-hydrogen) atoms. The summed E-state index contributed by atoms with van der Waals surface area (Å²) < 4.78 is 54.1. The van der Waals surface area contributed by atoms with Crippen molar-refractivity contribution < 1.29 is 37.2 Å². The van der Waals surface area contributed by atoms with Gasteiger partial charge in [0, 0.05) is 62.1 Å². The minimum absolute atomic E-state index is 0.0785. The van der Waals surface area contributed by atoms with Crippen LogP contribution in [0.25, 0.3) is 16.5 Å². The zero-order valence-electron chi connectivity index (χ0n) is 31.0. The Hall–Kier alpha value is -4.17. The first-order valence-corrected chi connectivity index (χ1v) is 17.6. The van der Waals surface area contributed by atoms with E-state index < -0.39 is 35.6 Å². The number of aromatic amines is 1. The van der Waals surface area contributed by atoms with E-state index in [4.69, 9.17) is 18.8 Å². The Kier molecular flexibility index (Phi) is 9.64. The van der Waals surface area contributed by atoms with E-state index >= 15 is 4.39 Å². The van der Waals surface area contributed by atoms with E-state index in [1.165, 1.54) is 13.2 Å². The van der Waals surface area contributed by atoms with E-state index in [1.54, 1.807) is 21.9 Å². The number of rotatable bonds is 6. The third-order valence-corrected chi connectivity index (χ3v) is 10.4. The SMILES string of the molecule is CCC1CN(C(=O)OC(C)(C)C)CC=C1c1cc(B2OC(C)(C)C(C)(C)O2)c(F)c2[nH]c(C(=O)N3CCN(c4ncc(F)cc4OC)CC3)cc12. The van der Waals surface area contributed by atoms with Gasteiger partial charge in [-0.2, -0.15) is 0 Å². The molecule has 1 atom stereocenters.